The topological polar surface area (TPSA) is 141 Å². The number of aliphatic hydroxyl groups is 1. The second kappa shape index (κ2) is 17.1. The minimum Gasteiger partial charge on any atom is -0.452 e. The summed E-state index contributed by atoms with van der Waals surface area (Å²) in [5.41, 5.74) is -0.00832. The van der Waals surface area contributed by atoms with E-state index >= 15 is 0 Å². The van der Waals surface area contributed by atoms with Crippen LogP contribution in [0, 0.1) is 17.8 Å². The van der Waals surface area contributed by atoms with E-state index in [1.165, 1.54) is 7.11 Å². The van der Waals surface area contributed by atoms with Gasteiger partial charge in [-0.05, 0) is 72.2 Å². The molecule has 5 rings (SSSR count). The Morgan fingerprint density at radius 1 is 1.17 bits per heavy atom. The number of amides is 1. The fourth-order valence-electron chi connectivity index (χ4n) is 8.91. The summed E-state index contributed by atoms with van der Waals surface area (Å²) in [7, 11) is 5.41. The fraction of sp³-hybridized carbons (Fsp3) is 0.700. The van der Waals surface area contributed by atoms with Crippen molar-refractivity contribution in [2.75, 3.05) is 47.5 Å². The summed E-state index contributed by atoms with van der Waals surface area (Å²) in [4.78, 5) is 40.4. The van der Waals surface area contributed by atoms with Crippen molar-refractivity contribution in [3.63, 3.8) is 0 Å². The van der Waals surface area contributed by atoms with Gasteiger partial charge in [-0.1, -0.05) is 45.1 Å². The standard InChI is InChI=1S/C40H60N4O9/c1-24-19-25(2)36(46)51-31(23-48-10)40(7)34-28(5)32(42-16-17-44(34)38(47)53-40)26(3)21-39(6,49-18-12-14-29-13-11-15-41-22-29)35(24)52-37-33(45)30(43(8)9)20-27(4)50-37/h11-15,19,22,24,26-28,30-31,33-35,37,45H,16-18,20-21,23H2,1-10H3/b14-12+,25-19+/t24-,26+,27-,28-,30+,31+,33?,34+,35+,37+,39-,40+/m0/s1. The fourth-order valence-corrected chi connectivity index (χ4v) is 8.91. The molecular formula is C40H60N4O9. The average molecular weight is 741 g/mol. The number of fused-ring (bicyclic) bond motifs is 1. The summed E-state index contributed by atoms with van der Waals surface area (Å²) in [6.07, 6.45) is 6.23. The Balaban J connectivity index is 1.61. The van der Waals surface area contributed by atoms with Crippen molar-refractivity contribution < 1.29 is 43.1 Å². The number of carbonyl (C=O) groups excluding carboxylic acids is 2. The zero-order chi connectivity index (χ0) is 38.7. The third kappa shape index (κ3) is 8.87. The number of cyclic esters (lactones) is 1. The number of methoxy groups -OCH3 is 1. The van der Waals surface area contributed by atoms with E-state index in [-0.39, 0.29) is 37.2 Å². The number of aliphatic hydroxyl groups excluding tert-OH is 1. The van der Waals surface area contributed by atoms with Crippen LogP contribution in [0.25, 0.3) is 6.08 Å². The first kappa shape index (κ1) is 41.0. The second-order valence-electron chi connectivity index (χ2n) is 15.9. The molecule has 2 saturated heterocycles. The van der Waals surface area contributed by atoms with Gasteiger partial charge in [-0.15, -0.1) is 0 Å². The summed E-state index contributed by atoms with van der Waals surface area (Å²) >= 11 is 0. The van der Waals surface area contributed by atoms with Crippen molar-refractivity contribution in [3.8, 4) is 0 Å². The summed E-state index contributed by atoms with van der Waals surface area (Å²) in [6.45, 7) is 14.7. The van der Waals surface area contributed by atoms with E-state index in [9.17, 15) is 14.7 Å². The smallest absolute Gasteiger partial charge is 0.411 e. The Morgan fingerprint density at radius 3 is 2.60 bits per heavy atom. The first-order valence-corrected chi connectivity index (χ1v) is 18.9. The van der Waals surface area contributed by atoms with Crippen LogP contribution in [0.15, 0.2) is 47.2 Å². The highest BCUT2D eigenvalue weighted by molar-refractivity contribution is 5.91. The van der Waals surface area contributed by atoms with Crippen molar-refractivity contribution in [2.45, 2.75) is 115 Å². The second-order valence-corrected chi connectivity index (χ2v) is 15.9. The maximum absolute atomic E-state index is 13.9. The monoisotopic (exact) mass is 740 g/mol. The molecule has 0 aromatic carbocycles. The Bertz CT molecular complexity index is 1520. The molecule has 1 aromatic rings. The molecular weight excluding hydrogens is 680 g/mol. The number of esters is 1. The Kier molecular flexibility index (Phi) is 13.2. The van der Waals surface area contributed by atoms with Gasteiger partial charge in [-0.2, -0.15) is 0 Å². The van der Waals surface area contributed by atoms with Gasteiger partial charge in [0.2, 0.25) is 0 Å². The minimum atomic E-state index is -1.21. The van der Waals surface area contributed by atoms with E-state index in [0.29, 0.717) is 31.5 Å². The van der Waals surface area contributed by atoms with Crippen LogP contribution >= 0.6 is 0 Å². The lowest BCUT2D eigenvalue weighted by Crippen LogP contribution is -2.59. The maximum Gasteiger partial charge on any atom is 0.411 e. The molecule has 1 aromatic heterocycles. The molecule has 53 heavy (non-hydrogen) atoms. The minimum absolute atomic E-state index is 0.0315. The van der Waals surface area contributed by atoms with Crippen molar-refractivity contribution >= 4 is 23.9 Å². The molecule has 13 heteroatoms. The van der Waals surface area contributed by atoms with Gasteiger partial charge in [0, 0.05) is 55.2 Å². The highest BCUT2D eigenvalue weighted by Gasteiger charge is 2.60. The lowest BCUT2D eigenvalue weighted by atomic mass is 9.74. The van der Waals surface area contributed by atoms with E-state index < -0.39 is 59.8 Å². The Labute approximate surface area is 314 Å². The lowest BCUT2D eigenvalue weighted by Gasteiger charge is -2.47. The first-order valence-electron chi connectivity index (χ1n) is 18.9. The van der Waals surface area contributed by atoms with Crippen LogP contribution in [0.5, 0.6) is 0 Å². The summed E-state index contributed by atoms with van der Waals surface area (Å²) in [6, 6.07) is 3.18. The van der Waals surface area contributed by atoms with Crippen LogP contribution in [0.4, 0.5) is 4.79 Å². The predicted octanol–water partition coefficient (Wildman–Crippen LogP) is 4.53. The van der Waals surface area contributed by atoms with E-state index in [4.69, 9.17) is 33.4 Å². The van der Waals surface area contributed by atoms with Crippen LogP contribution in [0.3, 0.4) is 0 Å². The molecule has 294 valence electrons. The van der Waals surface area contributed by atoms with E-state index in [2.05, 4.69) is 18.8 Å². The Morgan fingerprint density at radius 2 is 1.92 bits per heavy atom. The molecule has 0 radical (unpaired) electrons. The van der Waals surface area contributed by atoms with E-state index in [1.807, 2.05) is 77.1 Å². The van der Waals surface area contributed by atoms with E-state index in [1.54, 1.807) is 24.2 Å². The van der Waals surface area contributed by atoms with Crippen molar-refractivity contribution in [1.82, 2.24) is 14.8 Å². The molecule has 0 spiro atoms. The van der Waals surface area contributed by atoms with Gasteiger partial charge in [0.05, 0.1) is 43.6 Å². The molecule has 2 fully saturated rings. The number of likely N-dealkylation sites (N-methyl/N-ethyl adjacent to an activating group) is 1. The average Bonchev–Trinajstić information content (AvgIpc) is 3.23. The molecule has 0 saturated carbocycles. The first-order chi connectivity index (χ1) is 25.1. The normalized spacial score (nSPS) is 39.5. The lowest BCUT2D eigenvalue weighted by molar-refractivity contribution is -0.295. The van der Waals surface area contributed by atoms with Crippen LogP contribution < -0.4 is 0 Å². The molecule has 2 bridgehead atoms. The Hall–Kier alpha value is -3.20. The quantitative estimate of drug-likeness (QED) is 0.357. The van der Waals surface area contributed by atoms with Crippen LogP contribution in [0.2, 0.25) is 0 Å². The summed E-state index contributed by atoms with van der Waals surface area (Å²) in [5, 5.41) is 11.6. The number of ether oxygens (including phenoxy) is 6. The van der Waals surface area contributed by atoms with Crippen molar-refractivity contribution in [1.29, 1.82) is 0 Å². The number of rotatable bonds is 9. The van der Waals surface area contributed by atoms with Gasteiger partial charge < -0.3 is 38.4 Å². The third-order valence-electron chi connectivity index (χ3n) is 11.4. The number of aliphatic imine (C=N–C) groups is 1. The summed E-state index contributed by atoms with van der Waals surface area (Å²) < 4.78 is 38.0. The molecule has 1 amide bonds. The molecule has 0 aliphatic carbocycles. The molecule has 12 atom stereocenters. The van der Waals surface area contributed by atoms with Gasteiger partial charge in [0.15, 0.2) is 18.0 Å². The molecule has 1 N–H and O–H groups in total. The number of aromatic nitrogens is 1. The van der Waals surface area contributed by atoms with Gasteiger partial charge in [-0.3, -0.25) is 14.9 Å². The maximum atomic E-state index is 13.9. The number of hydrogen-bond acceptors (Lipinski definition) is 12. The number of pyridine rings is 1. The van der Waals surface area contributed by atoms with Crippen LogP contribution in [-0.4, -0.2) is 139 Å². The van der Waals surface area contributed by atoms with Crippen LogP contribution in [-0.2, 0) is 33.2 Å². The number of hydrogen-bond donors (Lipinski definition) is 1. The van der Waals surface area contributed by atoms with Crippen molar-refractivity contribution in [3.05, 3.63) is 47.8 Å². The SMILES string of the molecule is COC[C@H]1OC(=O)/C(C)=C/[C@H](C)[C@@H](O[C@H]2O[C@@H](C)C[C@@H](N(C)C)C2O)[C@@](C)(OC/C=C/c2cccnc2)C[C@@H](C)C2=NCCN3C(=O)O[C@@]1(C)[C@H]3[C@H]2C. The highest BCUT2D eigenvalue weighted by atomic mass is 16.7. The van der Waals surface area contributed by atoms with Crippen molar-refractivity contribution in [2.24, 2.45) is 22.7 Å². The number of carbonyl (C=O) groups is 2. The molecule has 5 heterocycles. The summed E-state index contributed by atoms with van der Waals surface area (Å²) in [5.74, 6) is -1.39. The molecule has 4 aliphatic rings. The van der Waals surface area contributed by atoms with Crippen LogP contribution in [0.1, 0.15) is 66.9 Å². The molecule has 4 aliphatic heterocycles. The molecule has 13 nitrogen and oxygen atoms in total. The number of nitrogens with zero attached hydrogens (tertiary/aromatic N) is 4. The van der Waals surface area contributed by atoms with Gasteiger partial charge >= 0.3 is 12.1 Å². The third-order valence-corrected chi connectivity index (χ3v) is 11.4. The zero-order valence-corrected chi connectivity index (χ0v) is 33.1. The van der Waals surface area contributed by atoms with E-state index in [0.717, 1.165) is 11.3 Å². The zero-order valence-electron chi connectivity index (χ0n) is 33.1. The van der Waals surface area contributed by atoms with Gasteiger partial charge in [0.25, 0.3) is 0 Å². The van der Waals surface area contributed by atoms with Gasteiger partial charge in [-0.25, -0.2) is 9.59 Å². The molecule has 1 unspecified atom stereocenters. The van der Waals surface area contributed by atoms with Gasteiger partial charge in [0.1, 0.15) is 6.10 Å². The highest BCUT2D eigenvalue weighted by Crippen LogP contribution is 2.43. The predicted molar refractivity (Wildman–Crippen MR) is 200 cm³/mol. The largest absolute Gasteiger partial charge is 0.452 e.